The third-order valence-corrected chi connectivity index (χ3v) is 7.09. The Morgan fingerprint density at radius 1 is 1.21 bits per heavy atom. The molecule has 2 heterocycles. The summed E-state index contributed by atoms with van der Waals surface area (Å²) < 4.78 is 12.7. The number of carbonyl (C=O) groups is 3. The van der Waals surface area contributed by atoms with Gasteiger partial charge in [0.1, 0.15) is 15.1 Å². The molecule has 1 aliphatic carbocycles. The standard InChI is InChI=1S/C24H22IN3O6/c1-23(2,3)34-22(32)28-18-9-12(5-7-14(18)19(25)26-28)16-11-24(16)15-10-13(33-4)6-8-17(15)27(20(24)29)21(30)31/h5-10,16H,11H2,1-4H3,(H,30,31). The van der Waals surface area contributed by atoms with Crippen molar-refractivity contribution in [3.8, 4) is 5.75 Å². The number of carboxylic acid groups (broad SMARTS) is 1. The number of ether oxygens (including phenoxy) is 2. The zero-order chi connectivity index (χ0) is 24.6. The number of hydrogen-bond donors (Lipinski definition) is 1. The molecule has 0 radical (unpaired) electrons. The van der Waals surface area contributed by atoms with Gasteiger partial charge in [-0.2, -0.15) is 9.78 Å². The Morgan fingerprint density at radius 3 is 2.59 bits per heavy atom. The summed E-state index contributed by atoms with van der Waals surface area (Å²) in [7, 11) is 1.53. The Kier molecular flexibility index (Phi) is 4.94. The molecule has 0 saturated heterocycles. The fraction of sp³-hybridized carbons (Fsp3) is 0.333. The minimum Gasteiger partial charge on any atom is -0.497 e. The van der Waals surface area contributed by atoms with E-state index in [2.05, 4.69) is 27.7 Å². The van der Waals surface area contributed by atoms with Crippen molar-refractivity contribution in [3.05, 3.63) is 51.2 Å². The van der Waals surface area contributed by atoms with Gasteiger partial charge >= 0.3 is 12.2 Å². The number of methoxy groups -OCH3 is 1. The van der Waals surface area contributed by atoms with Crippen molar-refractivity contribution in [1.29, 1.82) is 0 Å². The topological polar surface area (TPSA) is 111 Å². The lowest BCUT2D eigenvalue weighted by atomic mass is 9.91. The molecule has 2 aromatic carbocycles. The molecule has 0 bridgehead atoms. The molecule has 2 atom stereocenters. The fourth-order valence-electron chi connectivity index (χ4n) is 4.76. The van der Waals surface area contributed by atoms with Crippen LogP contribution < -0.4 is 9.64 Å². The number of aromatic nitrogens is 2. The maximum Gasteiger partial charge on any atom is 0.435 e. The van der Waals surface area contributed by atoms with Crippen molar-refractivity contribution in [2.24, 2.45) is 0 Å². The normalized spacial score (nSPS) is 21.1. The first kappa shape index (κ1) is 22.6. The molecule has 2 amide bonds. The average Bonchev–Trinajstić information content (AvgIpc) is 3.36. The maximum atomic E-state index is 13.4. The molecular weight excluding hydrogens is 553 g/mol. The van der Waals surface area contributed by atoms with Crippen molar-refractivity contribution in [2.45, 2.75) is 44.1 Å². The third-order valence-electron chi connectivity index (χ3n) is 6.29. The van der Waals surface area contributed by atoms with E-state index in [1.165, 1.54) is 11.8 Å². The minimum atomic E-state index is -1.31. The van der Waals surface area contributed by atoms with Crippen LogP contribution in [0.25, 0.3) is 10.9 Å². The molecular formula is C24H22IN3O6. The smallest absolute Gasteiger partial charge is 0.435 e. The summed E-state index contributed by atoms with van der Waals surface area (Å²) in [6.07, 6.45) is -1.45. The Hall–Kier alpha value is -3.15. The quantitative estimate of drug-likeness (QED) is 0.434. The van der Waals surface area contributed by atoms with Crippen LogP contribution in [0.15, 0.2) is 36.4 Å². The molecule has 1 aliphatic heterocycles. The summed E-state index contributed by atoms with van der Waals surface area (Å²) in [5, 5.41) is 14.9. The molecule has 2 aliphatic rings. The number of halogens is 1. The monoisotopic (exact) mass is 575 g/mol. The Morgan fingerprint density at radius 2 is 1.94 bits per heavy atom. The number of imide groups is 1. The summed E-state index contributed by atoms with van der Waals surface area (Å²) in [5.41, 5.74) is 0.723. The van der Waals surface area contributed by atoms with E-state index in [1.807, 2.05) is 18.2 Å². The number of amides is 2. The van der Waals surface area contributed by atoms with Crippen molar-refractivity contribution in [3.63, 3.8) is 0 Å². The molecule has 1 saturated carbocycles. The number of fused-ring (bicyclic) bond motifs is 3. The Balaban J connectivity index is 1.59. The lowest BCUT2D eigenvalue weighted by Crippen LogP contribution is -2.36. The first-order valence-electron chi connectivity index (χ1n) is 10.7. The second kappa shape index (κ2) is 7.42. The van der Waals surface area contributed by atoms with Crippen LogP contribution in [0.4, 0.5) is 15.3 Å². The second-order valence-electron chi connectivity index (χ2n) is 9.49. The Labute approximate surface area is 208 Å². The summed E-state index contributed by atoms with van der Waals surface area (Å²) in [6, 6.07) is 10.6. The minimum absolute atomic E-state index is 0.251. The van der Waals surface area contributed by atoms with E-state index >= 15 is 0 Å². The number of hydrogen-bond acceptors (Lipinski definition) is 6. The van der Waals surface area contributed by atoms with Crippen LogP contribution in [0.1, 0.15) is 44.2 Å². The molecule has 3 aromatic rings. The Bertz CT molecular complexity index is 1390. The highest BCUT2D eigenvalue weighted by Crippen LogP contribution is 2.66. The van der Waals surface area contributed by atoms with Crippen LogP contribution in [0, 0.1) is 3.70 Å². The van der Waals surface area contributed by atoms with E-state index < -0.39 is 29.1 Å². The van der Waals surface area contributed by atoms with E-state index in [0.29, 0.717) is 32.6 Å². The first-order chi connectivity index (χ1) is 16.0. The molecule has 1 N–H and O–H groups in total. The van der Waals surface area contributed by atoms with E-state index in [-0.39, 0.29) is 5.92 Å². The SMILES string of the molecule is COc1ccc2c(c1)C1(CC1c1ccc3c(I)nn(C(=O)OC(C)(C)C)c3c1)C(=O)N2C(=O)O. The number of nitrogens with zero attached hydrogens (tertiary/aromatic N) is 3. The summed E-state index contributed by atoms with van der Waals surface area (Å²) in [6.45, 7) is 5.35. The van der Waals surface area contributed by atoms with Crippen molar-refractivity contribution >= 4 is 57.3 Å². The lowest BCUT2D eigenvalue weighted by Gasteiger charge is -2.19. The summed E-state index contributed by atoms with van der Waals surface area (Å²) >= 11 is 2.07. The van der Waals surface area contributed by atoms with Crippen molar-refractivity contribution < 1.29 is 29.0 Å². The third kappa shape index (κ3) is 3.26. The summed E-state index contributed by atoms with van der Waals surface area (Å²) in [4.78, 5) is 38.9. The maximum absolute atomic E-state index is 13.4. The van der Waals surface area contributed by atoms with Crippen molar-refractivity contribution in [2.75, 3.05) is 12.0 Å². The van der Waals surface area contributed by atoms with Gasteiger partial charge < -0.3 is 14.6 Å². The highest BCUT2D eigenvalue weighted by atomic mass is 127. The van der Waals surface area contributed by atoms with Crippen LogP contribution in [-0.2, 0) is 14.9 Å². The number of anilines is 1. The molecule has 34 heavy (non-hydrogen) atoms. The average molecular weight is 575 g/mol. The fourth-order valence-corrected chi connectivity index (χ4v) is 5.43. The van der Waals surface area contributed by atoms with Crippen molar-refractivity contribution in [1.82, 2.24) is 9.78 Å². The van der Waals surface area contributed by atoms with Gasteiger partial charge in [0.05, 0.1) is 23.7 Å². The largest absolute Gasteiger partial charge is 0.497 e. The van der Waals surface area contributed by atoms with Gasteiger partial charge in [0.25, 0.3) is 0 Å². The van der Waals surface area contributed by atoms with E-state index in [9.17, 15) is 19.5 Å². The van der Waals surface area contributed by atoms with Gasteiger partial charge in [-0.1, -0.05) is 6.07 Å². The zero-order valence-electron chi connectivity index (χ0n) is 19.0. The van der Waals surface area contributed by atoms with E-state index in [4.69, 9.17) is 9.47 Å². The van der Waals surface area contributed by atoms with Gasteiger partial charge in [-0.05, 0) is 91.2 Å². The van der Waals surface area contributed by atoms with E-state index in [0.717, 1.165) is 15.8 Å². The summed E-state index contributed by atoms with van der Waals surface area (Å²) in [5.74, 6) is -0.167. The van der Waals surface area contributed by atoms with E-state index in [1.54, 1.807) is 39.0 Å². The van der Waals surface area contributed by atoms with Crippen LogP contribution in [-0.4, -0.2) is 45.7 Å². The van der Waals surface area contributed by atoms with Crippen LogP contribution in [0.2, 0.25) is 0 Å². The molecule has 1 aromatic heterocycles. The lowest BCUT2D eigenvalue weighted by molar-refractivity contribution is -0.119. The molecule has 10 heteroatoms. The molecule has 9 nitrogen and oxygen atoms in total. The van der Waals surface area contributed by atoms with Gasteiger partial charge in [0.15, 0.2) is 0 Å². The van der Waals surface area contributed by atoms with Crippen LogP contribution in [0.3, 0.4) is 0 Å². The van der Waals surface area contributed by atoms with Gasteiger partial charge in [0, 0.05) is 11.3 Å². The molecule has 1 fully saturated rings. The van der Waals surface area contributed by atoms with Crippen LogP contribution >= 0.6 is 22.6 Å². The predicted octanol–water partition coefficient (Wildman–Crippen LogP) is 4.88. The molecule has 1 spiro atoms. The second-order valence-corrected chi connectivity index (χ2v) is 10.5. The molecule has 176 valence electrons. The van der Waals surface area contributed by atoms with Gasteiger partial charge in [-0.25, -0.2) is 14.5 Å². The van der Waals surface area contributed by atoms with Gasteiger partial charge in [-0.3, -0.25) is 4.79 Å². The molecule has 2 unspecified atom stereocenters. The highest BCUT2D eigenvalue weighted by Gasteiger charge is 2.68. The molecule has 5 rings (SSSR count). The number of carbonyl (C=O) groups excluding carboxylic acids is 2. The van der Waals surface area contributed by atoms with Crippen LogP contribution in [0.5, 0.6) is 5.75 Å². The number of benzene rings is 2. The highest BCUT2D eigenvalue weighted by molar-refractivity contribution is 14.1. The number of rotatable bonds is 2. The predicted molar refractivity (Wildman–Crippen MR) is 132 cm³/mol. The zero-order valence-corrected chi connectivity index (χ0v) is 21.1. The van der Waals surface area contributed by atoms with Gasteiger partial charge in [0.2, 0.25) is 5.91 Å². The first-order valence-corrected chi connectivity index (χ1v) is 11.7. The van der Waals surface area contributed by atoms with Gasteiger partial charge in [-0.15, -0.1) is 0 Å².